The second-order valence-electron chi connectivity index (χ2n) is 4.44. The zero-order chi connectivity index (χ0) is 15.6. The molecule has 0 amide bonds. The molecule has 0 spiro atoms. The lowest BCUT2D eigenvalue weighted by Gasteiger charge is -2.11. The van der Waals surface area contributed by atoms with Crippen molar-refractivity contribution in [3.05, 3.63) is 36.0 Å². The molecule has 0 saturated heterocycles. The van der Waals surface area contributed by atoms with Crippen LogP contribution in [-0.2, 0) is 16.4 Å². The maximum Gasteiger partial charge on any atom is 0.337 e. The third-order valence-electron chi connectivity index (χ3n) is 2.93. The van der Waals surface area contributed by atoms with E-state index >= 15 is 0 Å². The van der Waals surface area contributed by atoms with E-state index in [1.807, 2.05) is 6.92 Å². The largest absolute Gasteiger partial charge is 0.478 e. The van der Waals surface area contributed by atoms with Gasteiger partial charge in [-0.2, -0.15) is 5.10 Å². The van der Waals surface area contributed by atoms with E-state index in [1.54, 1.807) is 16.9 Å². The van der Waals surface area contributed by atoms with E-state index in [0.29, 0.717) is 18.1 Å². The molecule has 0 saturated carbocycles. The van der Waals surface area contributed by atoms with Crippen molar-refractivity contribution in [1.82, 2.24) is 9.78 Å². The lowest BCUT2D eigenvalue weighted by molar-refractivity contribution is 0.0697. The first kappa shape index (κ1) is 15.0. The van der Waals surface area contributed by atoms with Gasteiger partial charge in [0.15, 0.2) is 9.84 Å². The minimum absolute atomic E-state index is 0.0329. The van der Waals surface area contributed by atoms with Crippen LogP contribution in [0.2, 0.25) is 0 Å². The van der Waals surface area contributed by atoms with E-state index in [4.69, 9.17) is 0 Å². The number of sulfone groups is 1. The van der Waals surface area contributed by atoms with Crippen molar-refractivity contribution in [2.24, 2.45) is 0 Å². The molecule has 2 rings (SSSR count). The first-order valence-corrected chi connectivity index (χ1v) is 8.08. The van der Waals surface area contributed by atoms with Crippen molar-refractivity contribution in [1.29, 1.82) is 0 Å². The number of rotatable bonds is 5. The van der Waals surface area contributed by atoms with Gasteiger partial charge < -0.3 is 10.4 Å². The van der Waals surface area contributed by atoms with Crippen LogP contribution in [0.3, 0.4) is 0 Å². The zero-order valence-electron chi connectivity index (χ0n) is 11.6. The molecule has 0 aliphatic heterocycles. The van der Waals surface area contributed by atoms with Gasteiger partial charge in [-0.05, 0) is 25.1 Å². The standard InChI is InChI=1S/C13H15N3O4S/c1-3-16-12(6-7-14-16)15-11-5-4-9(21(2,19)20)8-10(11)13(17)18/h4-8,15H,3H2,1-2H3,(H,17,18). The second-order valence-corrected chi connectivity index (χ2v) is 6.46. The van der Waals surface area contributed by atoms with Gasteiger partial charge in [-0.1, -0.05) is 0 Å². The number of aryl methyl sites for hydroxylation is 1. The van der Waals surface area contributed by atoms with Crippen molar-refractivity contribution in [3.63, 3.8) is 0 Å². The van der Waals surface area contributed by atoms with E-state index in [1.165, 1.54) is 12.1 Å². The molecule has 2 N–H and O–H groups in total. The average molecular weight is 309 g/mol. The Hall–Kier alpha value is -2.35. The molecule has 7 nitrogen and oxygen atoms in total. The Labute approximate surface area is 122 Å². The SMILES string of the molecule is CCn1nccc1Nc1ccc(S(C)(=O)=O)cc1C(=O)O. The third-order valence-corrected chi connectivity index (χ3v) is 4.04. The van der Waals surface area contributed by atoms with Gasteiger partial charge in [0.2, 0.25) is 0 Å². The van der Waals surface area contributed by atoms with E-state index < -0.39 is 15.8 Å². The molecule has 0 fully saturated rings. The molecule has 0 bridgehead atoms. The first-order chi connectivity index (χ1) is 9.82. The number of aromatic nitrogens is 2. The van der Waals surface area contributed by atoms with Gasteiger partial charge in [0, 0.05) is 18.9 Å². The minimum Gasteiger partial charge on any atom is -0.478 e. The van der Waals surface area contributed by atoms with Gasteiger partial charge in [-0.25, -0.2) is 17.9 Å². The van der Waals surface area contributed by atoms with E-state index in [-0.39, 0.29) is 10.5 Å². The Morgan fingerprint density at radius 3 is 2.67 bits per heavy atom. The second kappa shape index (κ2) is 5.57. The molecular formula is C13H15N3O4S. The van der Waals surface area contributed by atoms with Crippen LogP contribution in [0.25, 0.3) is 0 Å². The number of anilines is 2. The van der Waals surface area contributed by atoms with Crippen LogP contribution in [-0.4, -0.2) is 35.5 Å². The number of aromatic carboxylic acids is 1. The van der Waals surface area contributed by atoms with Crippen molar-refractivity contribution in [2.75, 3.05) is 11.6 Å². The summed E-state index contributed by atoms with van der Waals surface area (Å²) >= 11 is 0. The fourth-order valence-corrected chi connectivity index (χ4v) is 2.52. The molecule has 0 radical (unpaired) electrons. The molecule has 21 heavy (non-hydrogen) atoms. The van der Waals surface area contributed by atoms with E-state index in [2.05, 4.69) is 10.4 Å². The van der Waals surface area contributed by atoms with Crippen molar-refractivity contribution >= 4 is 27.3 Å². The number of hydrogen-bond acceptors (Lipinski definition) is 5. The summed E-state index contributed by atoms with van der Waals surface area (Å²) in [7, 11) is -3.46. The number of carboxylic acids is 1. The van der Waals surface area contributed by atoms with Crippen molar-refractivity contribution in [3.8, 4) is 0 Å². The van der Waals surface area contributed by atoms with Gasteiger partial charge in [0.1, 0.15) is 5.82 Å². The number of nitrogens with zero attached hydrogens (tertiary/aromatic N) is 2. The van der Waals surface area contributed by atoms with Gasteiger partial charge in [-0.15, -0.1) is 0 Å². The summed E-state index contributed by atoms with van der Waals surface area (Å²) in [5.74, 6) is -0.572. The Balaban J connectivity index is 2.47. The summed E-state index contributed by atoms with van der Waals surface area (Å²) in [5.41, 5.74) is 0.201. The number of carboxylic acid groups (broad SMARTS) is 1. The third kappa shape index (κ3) is 3.22. The Morgan fingerprint density at radius 2 is 2.10 bits per heavy atom. The van der Waals surface area contributed by atoms with Gasteiger partial charge in [0.25, 0.3) is 0 Å². The molecule has 112 valence electrons. The molecule has 1 heterocycles. The fraction of sp³-hybridized carbons (Fsp3) is 0.231. The highest BCUT2D eigenvalue weighted by Crippen LogP contribution is 2.24. The van der Waals surface area contributed by atoms with E-state index in [9.17, 15) is 18.3 Å². The number of benzene rings is 1. The fourth-order valence-electron chi connectivity index (χ4n) is 1.87. The summed E-state index contributed by atoms with van der Waals surface area (Å²) in [4.78, 5) is 11.3. The molecular weight excluding hydrogens is 294 g/mol. The predicted octanol–water partition coefficient (Wildman–Crippen LogP) is 1.75. The molecule has 8 heteroatoms. The zero-order valence-corrected chi connectivity index (χ0v) is 12.4. The minimum atomic E-state index is -3.46. The Kier molecular flexibility index (Phi) is 3.99. The summed E-state index contributed by atoms with van der Waals surface area (Å²) in [5, 5.41) is 16.3. The lowest BCUT2D eigenvalue weighted by atomic mass is 10.2. The van der Waals surface area contributed by atoms with Crippen LogP contribution < -0.4 is 5.32 Å². The number of hydrogen-bond donors (Lipinski definition) is 2. The molecule has 1 aromatic carbocycles. The summed E-state index contributed by atoms with van der Waals surface area (Å²) in [6.07, 6.45) is 2.63. The number of carbonyl (C=O) groups is 1. The Bertz CT molecular complexity index is 780. The highest BCUT2D eigenvalue weighted by atomic mass is 32.2. The molecule has 1 aromatic heterocycles. The lowest BCUT2D eigenvalue weighted by Crippen LogP contribution is -2.08. The maximum absolute atomic E-state index is 11.5. The van der Waals surface area contributed by atoms with Gasteiger partial charge >= 0.3 is 5.97 Å². The summed E-state index contributed by atoms with van der Waals surface area (Å²) in [6, 6.07) is 5.66. The van der Waals surface area contributed by atoms with Crippen LogP contribution in [0.1, 0.15) is 17.3 Å². The molecule has 0 aliphatic rings. The molecule has 0 atom stereocenters. The summed E-state index contributed by atoms with van der Waals surface area (Å²) in [6.45, 7) is 2.53. The van der Waals surface area contributed by atoms with Crippen LogP contribution in [0.5, 0.6) is 0 Å². The van der Waals surface area contributed by atoms with Crippen molar-refractivity contribution < 1.29 is 18.3 Å². The smallest absolute Gasteiger partial charge is 0.337 e. The predicted molar refractivity (Wildman–Crippen MR) is 77.7 cm³/mol. The van der Waals surface area contributed by atoms with Crippen molar-refractivity contribution in [2.45, 2.75) is 18.4 Å². The van der Waals surface area contributed by atoms with Gasteiger partial charge in [0.05, 0.1) is 22.3 Å². The molecule has 0 aliphatic carbocycles. The van der Waals surface area contributed by atoms with Crippen LogP contribution >= 0.6 is 0 Å². The normalized spacial score (nSPS) is 11.3. The van der Waals surface area contributed by atoms with Crippen LogP contribution in [0.4, 0.5) is 11.5 Å². The average Bonchev–Trinajstić information content (AvgIpc) is 2.84. The summed E-state index contributed by atoms with van der Waals surface area (Å²) < 4.78 is 24.7. The Morgan fingerprint density at radius 1 is 1.38 bits per heavy atom. The monoisotopic (exact) mass is 309 g/mol. The molecule has 0 unspecified atom stereocenters. The highest BCUT2D eigenvalue weighted by molar-refractivity contribution is 7.90. The van der Waals surface area contributed by atoms with Gasteiger partial charge in [-0.3, -0.25) is 0 Å². The first-order valence-electron chi connectivity index (χ1n) is 6.19. The topological polar surface area (TPSA) is 101 Å². The van der Waals surface area contributed by atoms with Crippen LogP contribution in [0.15, 0.2) is 35.4 Å². The highest BCUT2D eigenvalue weighted by Gasteiger charge is 2.16. The van der Waals surface area contributed by atoms with E-state index in [0.717, 1.165) is 12.3 Å². The molecule has 2 aromatic rings. The maximum atomic E-state index is 11.5. The quantitative estimate of drug-likeness (QED) is 0.872. The number of nitrogens with one attached hydrogen (secondary N) is 1. The van der Waals surface area contributed by atoms with Crippen LogP contribution in [0, 0.1) is 0 Å².